The second kappa shape index (κ2) is 11.1. The van der Waals surface area contributed by atoms with Gasteiger partial charge in [0, 0.05) is 36.6 Å². The zero-order valence-electron chi connectivity index (χ0n) is 24.3. The van der Waals surface area contributed by atoms with E-state index in [0.29, 0.717) is 47.6 Å². The SMILES string of the molecule is Cc1cc2cc(n1)-c1cnn(C)c1OCCCC(C1CC1)Cn1c(nc3cc(NC4CCC(O)CC4)ccc31)NC2=O. The summed E-state index contributed by atoms with van der Waals surface area (Å²) in [7, 11) is 1.87. The number of aromatic nitrogens is 5. The number of pyridine rings is 1. The number of nitrogens with zero attached hydrogens (tertiary/aromatic N) is 5. The number of hydrogen-bond donors (Lipinski definition) is 3. The quantitative estimate of drug-likeness (QED) is 0.306. The molecule has 42 heavy (non-hydrogen) atoms. The van der Waals surface area contributed by atoms with Gasteiger partial charge in [-0.1, -0.05) is 0 Å². The molecule has 4 aromatic rings. The van der Waals surface area contributed by atoms with Gasteiger partial charge < -0.3 is 19.7 Å². The van der Waals surface area contributed by atoms with E-state index in [2.05, 4.69) is 38.5 Å². The summed E-state index contributed by atoms with van der Waals surface area (Å²) in [6, 6.07) is 10.3. The fourth-order valence-electron chi connectivity index (χ4n) is 6.63. The van der Waals surface area contributed by atoms with E-state index in [1.165, 1.54) is 12.8 Å². The van der Waals surface area contributed by atoms with Crippen LogP contribution in [0.15, 0.2) is 36.5 Å². The van der Waals surface area contributed by atoms with Crippen LogP contribution in [-0.4, -0.2) is 54.1 Å². The number of aliphatic hydroxyl groups excluding tert-OH is 1. The Hall–Kier alpha value is -3.92. The number of aliphatic hydroxyl groups is 1. The molecule has 3 N–H and O–H groups in total. The number of fused-ring (bicyclic) bond motifs is 7. The standard InChI is InChI=1S/C32H39N7O3/c1-19-14-22-15-27(34-19)26-17-33-38(2)31(26)42-13-3-4-21(20-5-6-20)18-39-29-12-9-24(35-23-7-10-25(40)11-8-23)16-28(29)36-32(39)37-30(22)41/h9,12,14-17,20-21,23,25,35,40H,3-8,10-11,13,18H2,1-2H3,(H,36,37,41). The molecule has 2 saturated carbocycles. The minimum Gasteiger partial charge on any atom is -0.477 e. The third kappa shape index (κ3) is 5.47. The minimum atomic E-state index is -0.221. The van der Waals surface area contributed by atoms with Gasteiger partial charge in [0.1, 0.15) is 0 Å². The van der Waals surface area contributed by atoms with Gasteiger partial charge in [-0.05, 0) is 100 Å². The first-order chi connectivity index (χ1) is 20.4. The Morgan fingerprint density at radius 3 is 2.67 bits per heavy atom. The lowest BCUT2D eigenvalue weighted by Crippen LogP contribution is -2.28. The van der Waals surface area contributed by atoms with Crippen molar-refractivity contribution in [1.29, 1.82) is 0 Å². The van der Waals surface area contributed by atoms with Gasteiger partial charge in [-0.25, -0.2) is 9.67 Å². The average Bonchev–Trinajstić information content (AvgIpc) is 3.68. The zero-order chi connectivity index (χ0) is 28.8. The van der Waals surface area contributed by atoms with E-state index in [1.807, 2.05) is 14.0 Å². The lowest BCUT2D eigenvalue weighted by Gasteiger charge is -2.27. The van der Waals surface area contributed by atoms with Crippen LogP contribution in [0.4, 0.5) is 11.6 Å². The van der Waals surface area contributed by atoms with Crippen molar-refractivity contribution in [2.75, 3.05) is 17.2 Å². The molecular weight excluding hydrogens is 530 g/mol. The van der Waals surface area contributed by atoms with E-state index in [1.54, 1.807) is 23.0 Å². The second-order valence-electron chi connectivity index (χ2n) is 12.3. The summed E-state index contributed by atoms with van der Waals surface area (Å²) in [6.07, 6.45) is 9.58. The Labute approximate surface area is 245 Å². The van der Waals surface area contributed by atoms with E-state index in [0.717, 1.165) is 73.0 Å². The highest BCUT2D eigenvalue weighted by Crippen LogP contribution is 2.41. The summed E-state index contributed by atoms with van der Waals surface area (Å²) in [5, 5.41) is 21.1. The summed E-state index contributed by atoms with van der Waals surface area (Å²) in [5.74, 6) is 2.17. The third-order valence-electron chi connectivity index (χ3n) is 9.08. The molecule has 3 aliphatic rings. The van der Waals surface area contributed by atoms with Crippen molar-refractivity contribution in [2.45, 2.75) is 77.0 Å². The number of carbonyl (C=O) groups is 1. The molecule has 1 unspecified atom stereocenters. The number of anilines is 2. The first kappa shape index (κ1) is 26.9. The van der Waals surface area contributed by atoms with E-state index in [4.69, 9.17) is 14.7 Å². The summed E-state index contributed by atoms with van der Waals surface area (Å²) < 4.78 is 10.2. The van der Waals surface area contributed by atoms with Gasteiger partial charge in [0.25, 0.3) is 5.91 Å². The van der Waals surface area contributed by atoms with Crippen molar-refractivity contribution in [1.82, 2.24) is 24.3 Å². The van der Waals surface area contributed by atoms with Gasteiger partial charge in [-0.15, -0.1) is 0 Å². The smallest absolute Gasteiger partial charge is 0.258 e. The van der Waals surface area contributed by atoms with Crippen LogP contribution in [0.25, 0.3) is 22.3 Å². The molecule has 10 nitrogen and oxygen atoms in total. The van der Waals surface area contributed by atoms with Crippen molar-refractivity contribution >= 4 is 28.6 Å². The molecule has 2 fully saturated rings. The molecule has 1 aromatic carbocycles. The Bertz CT molecular complexity index is 1610. The molecule has 2 bridgehead atoms. The van der Waals surface area contributed by atoms with Crippen LogP contribution in [-0.2, 0) is 13.6 Å². The number of amides is 1. The molecule has 1 atom stereocenters. The highest BCUT2D eigenvalue weighted by molar-refractivity contribution is 6.05. The lowest BCUT2D eigenvalue weighted by atomic mass is 9.93. The highest BCUT2D eigenvalue weighted by Gasteiger charge is 2.32. The fourth-order valence-corrected chi connectivity index (χ4v) is 6.63. The molecule has 0 radical (unpaired) electrons. The molecule has 10 heteroatoms. The first-order valence-corrected chi connectivity index (χ1v) is 15.3. The predicted molar refractivity (Wildman–Crippen MR) is 162 cm³/mol. The highest BCUT2D eigenvalue weighted by atomic mass is 16.5. The number of hydrogen-bond acceptors (Lipinski definition) is 7. The predicted octanol–water partition coefficient (Wildman–Crippen LogP) is 5.31. The third-order valence-corrected chi connectivity index (χ3v) is 9.08. The molecule has 1 amide bonds. The van der Waals surface area contributed by atoms with Crippen molar-refractivity contribution in [3.8, 4) is 17.1 Å². The van der Waals surface area contributed by atoms with Crippen molar-refractivity contribution in [3.05, 3.63) is 47.8 Å². The second-order valence-corrected chi connectivity index (χ2v) is 12.3. The molecule has 0 saturated heterocycles. The number of imidazole rings is 1. The normalized spacial score (nSPS) is 23.2. The molecular formula is C32H39N7O3. The van der Waals surface area contributed by atoms with Crippen LogP contribution in [0.5, 0.6) is 5.88 Å². The Kier molecular flexibility index (Phi) is 7.09. The van der Waals surface area contributed by atoms with Crippen LogP contribution >= 0.6 is 0 Å². The van der Waals surface area contributed by atoms with Crippen molar-refractivity contribution in [3.63, 3.8) is 0 Å². The van der Waals surface area contributed by atoms with E-state index < -0.39 is 0 Å². The largest absolute Gasteiger partial charge is 0.477 e. The van der Waals surface area contributed by atoms with Gasteiger partial charge in [-0.3, -0.25) is 15.1 Å². The average molecular weight is 570 g/mol. The zero-order valence-corrected chi connectivity index (χ0v) is 24.3. The number of nitrogens with one attached hydrogen (secondary N) is 2. The van der Waals surface area contributed by atoms with Crippen molar-refractivity contribution in [2.24, 2.45) is 18.9 Å². The molecule has 0 spiro atoms. The van der Waals surface area contributed by atoms with Gasteiger partial charge >= 0.3 is 0 Å². The number of carbonyl (C=O) groups excluding carboxylic acids is 1. The van der Waals surface area contributed by atoms with Crippen LogP contribution < -0.4 is 15.4 Å². The number of aryl methyl sites for hydroxylation is 2. The molecule has 7 rings (SSSR count). The monoisotopic (exact) mass is 569 g/mol. The number of rotatable bonds is 3. The van der Waals surface area contributed by atoms with E-state index in [9.17, 15) is 9.90 Å². The Morgan fingerprint density at radius 1 is 1.02 bits per heavy atom. The Balaban J connectivity index is 1.26. The molecule has 1 aliphatic heterocycles. The molecule has 4 heterocycles. The van der Waals surface area contributed by atoms with Crippen LogP contribution in [0.2, 0.25) is 0 Å². The maximum absolute atomic E-state index is 13.7. The summed E-state index contributed by atoms with van der Waals surface area (Å²) >= 11 is 0. The Morgan fingerprint density at radius 2 is 1.86 bits per heavy atom. The first-order valence-electron chi connectivity index (χ1n) is 15.3. The van der Waals surface area contributed by atoms with Crippen molar-refractivity contribution < 1.29 is 14.6 Å². The van der Waals surface area contributed by atoms with E-state index in [-0.39, 0.29) is 12.0 Å². The van der Waals surface area contributed by atoms with Gasteiger partial charge in [-0.2, -0.15) is 5.10 Å². The topological polar surface area (TPSA) is 119 Å². The number of benzene rings is 1. The minimum absolute atomic E-state index is 0.181. The van der Waals surface area contributed by atoms with Gasteiger partial charge in [0.15, 0.2) is 0 Å². The summed E-state index contributed by atoms with van der Waals surface area (Å²) in [4.78, 5) is 23.4. The van der Waals surface area contributed by atoms with Crippen LogP contribution in [0.3, 0.4) is 0 Å². The van der Waals surface area contributed by atoms with E-state index >= 15 is 0 Å². The number of ether oxygens (including phenoxy) is 1. The van der Waals surface area contributed by atoms with Crippen LogP contribution in [0, 0.1) is 18.8 Å². The summed E-state index contributed by atoms with van der Waals surface area (Å²) in [6.45, 7) is 3.28. The van der Waals surface area contributed by atoms with Gasteiger partial charge in [0.2, 0.25) is 11.8 Å². The fraction of sp³-hybridized carbons (Fsp3) is 0.500. The molecule has 3 aromatic heterocycles. The van der Waals surface area contributed by atoms with Gasteiger partial charge in [0.05, 0.1) is 41.2 Å². The lowest BCUT2D eigenvalue weighted by molar-refractivity contribution is 0.102. The molecule has 220 valence electrons. The summed E-state index contributed by atoms with van der Waals surface area (Å²) in [5.41, 5.74) is 5.59. The maximum Gasteiger partial charge on any atom is 0.258 e. The maximum atomic E-state index is 13.7. The molecule has 2 aliphatic carbocycles. The van der Waals surface area contributed by atoms with Crippen LogP contribution in [0.1, 0.15) is 67.4 Å².